The van der Waals surface area contributed by atoms with Gasteiger partial charge in [-0.05, 0) is 70.0 Å². The minimum atomic E-state index is -3.46. The summed E-state index contributed by atoms with van der Waals surface area (Å²) in [6, 6.07) is 18.6. The lowest BCUT2D eigenvalue weighted by Gasteiger charge is -2.12. The average molecular weight is 707 g/mol. The molecule has 2 N–H and O–H groups in total. The summed E-state index contributed by atoms with van der Waals surface area (Å²) in [6.07, 6.45) is 4.61. The Morgan fingerprint density at radius 2 is 1.87 bits per heavy atom. The number of hydrogen-bond acceptors (Lipinski definition) is 11. The summed E-state index contributed by atoms with van der Waals surface area (Å²) in [5.41, 5.74) is 3.51. The molecule has 0 aliphatic rings. The molecule has 2 aromatic carbocycles. The van der Waals surface area contributed by atoms with Gasteiger partial charge in [-0.1, -0.05) is 18.2 Å². The Morgan fingerprint density at radius 1 is 0.956 bits per heavy atom. The van der Waals surface area contributed by atoms with E-state index in [1.807, 2.05) is 29.6 Å². The zero-order valence-electron chi connectivity index (χ0n) is 23.5. The van der Waals surface area contributed by atoms with Gasteiger partial charge in [-0.15, -0.1) is 11.3 Å². The Labute approximate surface area is 270 Å². The number of aromatic nitrogens is 5. The van der Waals surface area contributed by atoms with E-state index in [4.69, 9.17) is 4.74 Å². The van der Waals surface area contributed by atoms with E-state index >= 15 is 0 Å². The maximum absolute atomic E-state index is 13.5. The van der Waals surface area contributed by atoms with Gasteiger partial charge >= 0.3 is 0 Å². The molecule has 6 rings (SSSR count). The molecule has 6 aromatic rings. The summed E-state index contributed by atoms with van der Waals surface area (Å²) in [4.78, 5) is 22.0. The fourth-order valence-corrected chi connectivity index (χ4v) is 6.75. The summed E-state index contributed by atoms with van der Waals surface area (Å²) in [5, 5.41) is 10.0. The minimum absolute atomic E-state index is 0.0640. The summed E-state index contributed by atoms with van der Waals surface area (Å²) in [7, 11) is -3.46. The van der Waals surface area contributed by atoms with E-state index in [9.17, 15) is 12.8 Å². The van der Waals surface area contributed by atoms with Crippen molar-refractivity contribution in [2.45, 2.75) is 18.2 Å². The number of halogens is 2. The molecule has 0 spiro atoms. The number of nitrogens with one attached hydrogen (secondary N) is 2. The smallest absolute Gasteiger partial charge is 0.196 e. The van der Waals surface area contributed by atoms with Gasteiger partial charge in [0.1, 0.15) is 35.3 Å². The van der Waals surface area contributed by atoms with Crippen LogP contribution in [0.2, 0.25) is 0 Å². The highest BCUT2D eigenvalue weighted by Gasteiger charge is 2.15. The van der Waals surface area contributed by atoms with E-state index < -0.39 is 9.84 Å². The van der Waals surface area contributed by atoms with E-state index in [2.05, 4.69) is 51.5 Å². The largest absolute Gasteiger partial charge is 0.488 e. The van der Waals surface area contributed by atoms with Crippen LogP contribution in [0.3, 0.4) is 0 Å². The highest BCUT2D eigenvalue weighted by molar-refractivity contribution is 9.10. The zero-order chi connectivity index (χ0) is 31.2. The van der Waals surface area contributed by atoms with E-state index in [1.54, 1.807) is 30.5 Å². The van der Waals surface area contributed by atoms with Crippen LogP contribution >= 0.6 is 27.3 Å². The topological polar surface area (TPSA) is 132 Å². The van der Waals surface area contributed by atoms with Crippen LogP contribution < -0.4 is 15.4 Å². The predicted octanol–water partition coefficient (Wildman–Crippen LogP) is 6.33. The Kier molecular flexibility index (Phi) is 9.35. The average Bonchev–Trinajstić information content (AvgIpc) is 3.52. The standard InChI is InChI=1S/C31H25BrFN7O3S2/c32-24-13-22(7-8-28(24)43-17-20-4-3-5-21(33)12-20)39-31-23-14-25(36-15-26(23)37-19-38-31)27-18-44-29(40-27)16-34-10-11-45(41,42)30-6-1-2-9-35-30/h1-9,12-15,18-19,34H,10-11,16-17H2,(H,37,38,39). The Balaban J connectivity index is 1.11. The molecule has 0 saturated heterocycles. The Bertz CT molecular complexity index is 2060. The van der Waals surface area contributed by atoms with Crippen LogP contribution in [-0.2, 0) is 23.0 Å². The van der Waals surface area contributed by atoms with E-state index in [0.717, 1.165) is 26.1 Å². The molecular formula is C31H25BrFN7O3S2. The number of benzene rings is 2. The molecule has 0 amide bonds. The molecule has 0 aliphatic carbocycles. The lowest BCUT2D eigenvalue weighted by Crippen LogP contribution is -2.23. The van der Waals surface area contributed by atoms with Crippen molar-refractivity contribution in [2.75, 3.05) is 17.6 Å². The second-order valence-corrected chi connectivity index (χ2v) is 13.6. The number of anilines is 2. The second kappa shape index (κ2) is 13.7. The first kappa shape index (κ1) is 30.6. The molecule has 0 saturated carbocycles. The third-order valence-electron chi connectivity index (χ3n) is 6.59. The van der Waals surface area contributed by atoms with Crippen molar-refractivity contribution < 1.29 is 17.5 Å². The number of ether oxygens (including phenoxy) is 1. The van der Waals surface area contributed by atoms with Gasteiger partial charge in [-0.25, -0.2) is 32.7 Å². The molecule has 14 heteroatoms. The van der Waals surface area contributed by atoms with Gasteiger partial charge in [-0.3, -0.25) is 4.98 Å². The van der Waals surface area contributed by atoms with Crippen LogP contribution in [0.15, 0.2) is 100 Å². The van der Waals surface area contributed by atoms with Crippen molar-refractivity contribution >= 4 is 59.5 Å². The summed E-state index contributed by atoms with van der Waals surface area (Å²) < 4.78 is 45.0. The minimum Gasteiger partial charge on any atom is -0.488 e. The molecule has 4 aromatic heterocycles. The third-order valence-corrected chi connectivity index (χ3v) is 9.68. The maximum atomic E-state index is 13.5. The van der Waals surface area contributed by atoms with E-state index in [1.165, 1.54) is 42.1 Å². The quantitative estimate of drug-likeness (QED) is 0.139. The molecule has 0 atom stereocenters. The SMILES string of the molecule is O=S(=O)(CCNCc1nc(-c2cc3c(Nc4ccc(OCc5cccc(F)c5)c(Br)c4)ncnc3cn2)cs1)c1ccccn1. The molecule has 0 bridgehead atoms. The van der Waals surface area contributed by atoms with Crippen LogP contribution in [0.5, 0.6) is 5.75 Å². The first-order valence-corrected chi connectivity index (χ1v) is 17.0. The Hall–Kier alpha value is -4.37. The fraction of sp³-hybridized carbons (Fsp3) is 0.129. The molecule has 0 aliphatic heterocycles. The number of nitrogens with zero attached hydrogens (tertiary/aromatic N) is 5. The summed E-state index contributed by atoms with van der Waals surface area (Å²) >= 11 is 5.02. The fourth-order valence-electron chi connectivity index (χ4n) is 4.37. The molecule has 10 nitrogen and oxygen atoms in total. The van der Waals surface area contributed by atoms with Gasteiger partial charge in [-0.2, -0.15) is 0 Å². The first-order valence-electron chi connectivity index (χ1n) is 13.7. The molecule has 4 heterocycles. The van der Waals surface area contributed by atoms with Crippen molar-refractivity contribution in [1.29, 1.82) is 0 Å². The second-order valence-electron chi connectivity index (χ2n) is 9.79. The van der Waals surface area contributed by atoms with Crippen LogP contribution in [0, 0.1) is 5.82 Å². The van der Waals surface area contributed by atoms with Gasteiger partial charge in [0.25, 0.3) is 0 Å². The van der Waals surface area contributed by atoms with Gasteiger partial charge in [0.2, 0.25) is 0 Å². The molecular weight excluding hydrogens is 681 g/mol. The van der Waals surface area contributed by atoms with Crippen molar-refractivity contribution in [1.82, 2.24) is 30.2 Å². The number of thiazole rings is 1. The van der Waals surface area contributed by atoms with Crippen molar-refractivity contribution in [3.63, 3.8) is 0 Å². The number of rotatable bonds is 12. The number of pyridine rings is 2. The van der Waals surface area contributed by atoms with Crippen molar-refractivity contribution in [2.24, 2.45) is 0 Å². The molecule has 0 radical (unpaired) electrons. The van der Waals surface area contributed by atoms with E-state index in [-0.39, 0.29) is 29.7 Å². The molecule has 0 unspecified atom stereocenters. The molecule has 228 valence electrons. The lowest BCUT2D eigenvalue weighted by molar-refractivity contribution is 0.303. The van der Waals surface area contributed by atoms with Gasteiger partial charge in [0.15, 0.2) is 14.9 Å². The van der Waals surface area contributed by atoms with Crippen molar-refractivity contribution in [3.8, 4) is 17.1 Å². The van der Waals surface area contributed by atoms with E-state index in [0.29, 0.717) is 35.0 Å². The molecule has 45 heavy (non-hydrogen) atoms. The van der Waals surface area contributed by atoms with Gasteiger partial charge in [0, 0.05) is 35.7 Å². The maximum Gasteiger partial charge on any atom is 0.196 e. The van der Waals surface area contributed by atoms with Crippen LogP contribution in [0.1, 0.15) is 10.6 Å². The zero-order valence-corrected chi connectivity index (χ0v) is 26.7. The monoisotopic (exact) mass is 705 g/mol. The first-order chi connectivity index (χ1) is 21.8. The van der Waals surface area contributed by atoms with Crippen LogP contribution in [0.4, 0.5) is 15.9 Å². The molecule has 0 fully saturated rings. The van der Waals surface area contributed by atoms with Crippen LogP contribution in [-0.4, -0.2) is 45.6 Å². The normalized spacial score (nSPS) is 11.5. The van der Waals surface area contributed by atoms with Gasteiger partial charge < -0.3 is 15.4 Å². The summed E-state index contributed by atoms with van der Waals surface area (Å²) in [5.74, 6) is 0.841. The lowest BCUT2D eigenvalue weighted by atomic mass is 10.2. The Morgan fingerprint density at radius 3 is 2.69 bits per heavy atom. The van der Waals surface area contributed by atoms with Crippen LogP contribution in [0.25, 0.3) is 22.3 Å². The highest BCUT2D eigenvalue weighted by Crippen LogP contribution is 2.32. The highest BCUT2D eigenvalue weighted by atomic mass is 79.9. The number of hydrogen-bond donors (Lipinski definition) is 2. The van der Waals surface area contributed by atoms with Gasteiger partial charge in [0.05, 0.1) is 33.3 Å². The van der Waals surface area contributed by atoms with Crippen molar-refractivity contribution in [3.05, 3.63) is 112 Å². The number of sulfone groups is 1. The predicted molar refractivity (Wildman–Crippen MR) is 175 cm³/mol. The summed E-state index contributed by atoms with van der Waals surface area (Å²) in [6.45, 7) is 0.922. The third kappa shape index (κ3) is 7.65. The number of fused-ring (bicyclic) bond motifs is 1.